The van der Waals surface area contributed by atoms with Gasteiger partial charge in [0.2, 0.25) is 0 Å². The van der Waals surface area contributed by atoms with Crippen molar-refractivity contribution in [3.8, 4) is 5.75 Å². The molecule has 1 aromatic carbocycles. The van der Waals surface area contributed by atoms with Gasteiger partial charge >= 0.3 is 0 Å². The molecule has 0 saturated carbocycles. The first kappa shape index (κ1) is 10.6. The number of hydrogen-bond acceptors (Lipinski definition) is 4. The van der Waals surface area contributed by atoms with Gasteiger partial charge < -0.3 is 4.74 Å². The standard InChI is InChI=1S/C8H6BrNO4/c1-14-7-3-2-6(10(12)13)5(4-11)8(7)9/h2-4H,1H3. The van der Waals surface area contributed by atoms with Gasteiger partial charge in [-0.05, 0) is 22.0 Å². The van der Waals surface area contributed by atoms with Crippen LogP contribution in [0.25, 0.3) is 0 Å². The van der Waals surface area contributed by atoms with Crippen LogP contribution in [0.2, 0.25) is 0 Å². The van der Waals surface area contributed by atoms with Crippen LogP contribution in [0.15, 0.2) is 16.6 Å². The number of nitrogens with zero attached hydrogens (tertiary/aromatic N) is 1. The smallest absolute Gasteiger partial charge is 0.281 e. The molecule has 0 saturated heterocycles. The van der Waals surface area contributed by atoms with E-state index in [2.05, 4.69) is 15.9 Å². The van der Waals surface area contributed by atoms with Crippen molar-refractivity contribution in [3.05, 3.63) is 32.3 Å². The Bertz CT molecular complexity index is 391. The van der Waals surface area contributed by atoms with Gasteiger partial charge in [0.1, 0.15) is 11.3 Å². The predicted octanol–water partition coefficient (Wildman–Crippen LogP) is 2.18. The van der Waals surface area contributed by atoms with Crippen molar-refractivity contribution in [3.63, 3.8) is 0 Å². The van der Waals surface area contributed by atoms with Crippen molar-refractivity contribution in [2.75, 3.05) is 7.11 Å². The molecule has 0 radical (unpaired) electrons. The van der Waals surface area contributed by atoms with E-state index in [-0.39, 0.29) is 11.3 Å². The Labute approximate surface area is 88.0 Å². The summed E-state index contributed by atoms with van der Waals surface area (Å²) in [6.45, 7) is 0. The molecule has 0 atom stereocenters. The quantitative estimate of drug-likeness (QED) is 0.474. The maximum atomic E-state index is 10.6. The van der Waals surface area contributed by atoms with Crippen LogP contribution in [0.3, 0.4) is 0 Å². The molecule has 0 amide bonds. The van der Waals surface area contributed by atoms with Gasteiger partial charge in [0.25, 0.3) is 5.69 Å². The van der Waals surface area contributed by atoms with Crippen molar-refractivity contribution in [2.45, 2.75) is 0 Å². The minimum Gasteiger partial charge on any atom is -0.496 e. The minimum absolute atomic E-state index is 0.0191. The van der Waals surface area contributed by atoms with Crippen molar-refractivity contribution in [1.29, 1.82) is 0 Å². The average Bonchev–Trinajstić information content (AvgIpc) is 2.17. The molecular weight excluding hydrogens is 254 g/mol. The summed E-state index contributed by atoms with van der Waals surface area (Å²) in [6.07, 6.45) is 0.421. The van der Waals surface area contributed by atoms with Crippen LogP contribution in [0.1, 0.15) is 10.4 Å². The number of nitro benzene ring substituents is 1. The van der Waals surface area contributed by atoms with Crippen molar-refractivity contribution in [1.82, 2.24) is 0 Å². The highest BCUT2D eigenvalue weighted by Crippen LogP contribution is 2.33. The van der Waals surface area contributed by atoms with Crippen LogP contribution in [0.5, 0.6) is 5.75 Å². The molecule has 0 heterocycles. The largest absolute Gasteiger partial charge is 0.496 e. The lowest BCUT2D eigenvalue weighted by atomic mass is 10.2. The Kier molecular flexibility index (Phi) is 3.19. The number of rotatable bonds is 3. The molecule has 1 rings (SSSR count). The third kappa shape index (κ3) is 1.74. The van der Waals surface area contributed by atoms with E-state index in [1.807, 2.05) is 0 Å². The van der Waals surface area contributed by atoms with E-state index in [0.717, 1.165) is 0 Å². The minimum atomic E-state index is -0.617. The molecule has 0 aromatic heterocycles. The molecule has 0 aliphatic carbocycles. The Morgan fingerprint density at radius 1 is 1.57 bits per heavy atom. The van der Waals surface area contributed by atoms with Gasteiger partial charge in [-0.15, -0.1) is 0 Å². The monoisotopic (exact) mass is 259 g/mol. The Balaban J connectivity index is 3.43. The van der Waals surface area contributed by atoms with Gasteiger partial charge in [-0.2, -0.15) is 0 Å². The molecule has 14 heavy (non-hydrogen) atoms. The second-order valence-corrected chi connectivity index (χ2v) is 3.18. The molecule has 74 valence electrons. The highest BCUT2D eigenvalue weighted by molar-refractivity contribution is 9.10. The summed E-state index contributed by atoms with van der Waals surface area (Å²) in [6, 6.07) is 2.66. The second-order valence-electron chi connectivity index (χ2n) is 2.39. The number of methoxy groups -OCH3 is 1. The summed E-state index contributed by atoms with van der Waals surface area (Å²) in [5.41, 5.74) is -0.262. The lowest BCUT2D eigenvalue weighted by Crippen LogP contribution is -1.97. The van der Waals surface area contributed by atoms with E-state index in [0.29, 0.717) is 16.5 Å². The summed E-state index contributed by atoms with van der Waals surface area (Å²) in [7, 11) is 1.42. The zero-order valence-electron chi connectivity index (χ0n) is 7.19. The van der Waals surface area contributed by atoms with Gasteiger partial charge in [0.15, 0.2) is 6.29 Å². The molecule has 0 aliphatic heterocycles. The summed E-state index contributed by atoms with van der Waals surface area (Å²) in [4.78, 5) is 20.5. The van der Waals surface area contributed by atoms with Crippen molar-refractivity contribution in [2.24, 2.45) is 0 Å². The van der Waals surface area contributed by atoms with Crippen LogP contribution in [0.4, 0.5) is 5.69 Å². The van der Waals surface area contributed by atoms with Crippen LogP contribution in [-0.4, -0.2) is 18.3 Å². The number of ether oxygens (including phenoxy) is 1. The van der Waals surface area contributed by atoms with E-state index in [9.17, 15) is 14.9 Å². The lowest BCUT2D eigenvalue weighted by Gasteiger charge is -2.04. The number of carbonyl (C=O) groups is 1. The zero-order chi connectivity index (χ0) is 10.7. The van der Waals surface area contributed by atoms with E-state index >= 15 is 0 Å². The lowest BCUT2D eigenvalue weighted by molar-refractivity contribution is -0.385. The zero-order valence-corrected chi connectivity index (χ0v) is 8.78. The van der Waals surface area contributed by atoms with Gasteiger partial charge in [0.05, 0.1) is 16.5 Å². The first-order valence-electron chi connectivity index (χ1n) is 3.58. The first-order chi connectivity index (χ1) is 6.61. The first-order valence-corrected chi connectivity index (χ1v) is 4.37. The van der Waals surface area contributed by atoms with E-state index < -0.39 is 4.92 Å². The molecule has 1 aromatic rings. The number of hydrogen-bond donors (Lipinski definition) is 0. The maximum absolute atomic E-state index is 10.6. The predicted molar refractivity (Wildman–Crippen MR) is 52.7 cm³/mol. The maximum Gasteiger partial charge on any atom is 0.281 e. The molecule has 0 aliphatic rings. The number of nitro groups is 1. The highest BCUT2D eigenvalue weighted by Gasteiger charge is 2.18. The molecule has 6 heteroatoms. The van der Waals surface area contributed by atoms with Crippen LogP contribution in [0, 0.1) is 10.1 Å². The Morgan fingerprint density at radius 3 is 2.64 bits per heavy atom. The van der Waals surface area contributed by atoms with Gasteiger partial charge in [-0.3, -0.25) is 14.9 Å². The summed E-state index contributed by atoms with van der Waals surface area (Å²) < 4.78 is 5.19. The summed E-state index contributed by atoms with van der Waals surface area (Å²) in [5, 5.41) is 10.5. The summed E-state index contributed by atoms with van der Waals surface area (Å²) in [5.74, 6) is 0.387. The third-order valence-corrected chi connectivity index (χ3v) is 2.47. The topological polar surface area (TPSA) is 69.4 Å². The average molecular weight is 260 g/mol. The number of benzene rings is 1. The molecule has 0 fully saturated rings. The third-order valence-electron chi connectivity index (χ3n) is 1.66. The van der Waals surface area contributed by atoms with E-state index in [1.54, 1.807) is 0 Å². The van der Waals surface area contributed by atoms with Crippen LogP contribution >= 0.6 is 15.9 Å². The molecular formula is C8H6BrNO4. The molecule has 0 spiro atoms. The van der Waals surface area contributed by atoms with Gasteiger partial charge in [-0.25, -0.2) is 0 Å². The second kappa shape index (κ2) is 4.19. The normalized spacial score (nSPS) is 9.57. The van der Waals surface area contributed by atoms with Gasteiger partial charge in [-0.1, -0.05) is 0 Å². The van der Waals surface area contributed by atoms with Crippen LogP contribution in [-0.2, 0) is 0 Å². The van der Waals surface area contributed by atoms with E-state index in [4.69, 9.17) is 4.74 Å². The van der Waals surface area contributed by atoms with Gasteiger partial charge in [0, 0.05) is 6.07 Å². The Hall–Kier alpha value is -1.43. The van der Waals surface area contributed by atoms with Crippen molar-refractivity contribution < 1.29 is 14.5 Å². The number of aldehydes is 1. The fourth-order valence-corrected chi connectivity index (χ4v) is 1.58. The highest BCUT2D eigenvalue weighted by atomic mass is 79.9. The Morgan fingerprint density at radius 2 is 2.21 bits per heavy atom. The fourth-order valence-electron chi connectivity index (χ4n) is 0.992. The molecule has 0 bridgehead atoms. The number of halogens is 1. The summed E-state index contributed by atoms with van der Waals surface area (Å²) >= 11 is 3.06. The van der Waals surface area contributed by atoms with Crippen molar-refractivity contribution >= 4 is 27.9 Å². The molecule has 5 nitrogen and oxygen atoms in total. The fraction of sp³-hybridized carbons (Fsp3) is 0.125. The molecule has 0 unspecified atom stereocenters. The SMILES string of the molecule is COc1ccc([N+](=O)[O-])c(C=O)c1Br. The van der Waals surface area contributed by atoms with E-state index in [1.165, 1.54) is 19.2 Å². The number of carbonyl (C=O) groups excluding carboxylic acids is 1. The molecule has 0 N–H and O–H groups in total. The van der Waals surface area contributed by atoms with Crippen LogP contribution < -0.4 is 4.74 Å².